The number of allylic oxidation sites excluding steroid dienone is 1. The summed E-state index contributed by atoms with van der Waals surface area (Å²) in [6.07, 6.45) is 2.00. The first-order chi connectivity index (χ1) is 3.06. The Morgan fingerprint density at radius 2 is 1.71 bits per heavy atom. The number of hydrogen-bond acceptors (Lipinski definition) is 0. The summed E-state index contributed by atoms with van der Waals surface area (Å²) in [5.74, 6) is 0. The molecule has 0 aliphatic rings. The van der Waals surface area contributed by atoms with E-state index in [0.29, 0.717) is 0 Å². The fourth-order valence-electron chi connectivity index (χ4n) is 0.204. The lowest BCUT2D eigenvalue weighted by molar-refractivity contribution is 0.545. The molecule has 0 aliphatic carbocycles. The van der Waals surface area contributed by atoms with Crippen molar-refractivity contribution in [1.82, 2.24) is 0 Å². The predicted molar refractivity (Wildman–Crippen MR) is 36.2 cm³/mol. The minimum atomic E-state index is 0.266. The fraction of sp³-hybridized carbons (Fsp3) is 0.667. The Balaban J connectivity index is 3.56. The SMILES string of the molecule is CC(C)(C)/C=C/[S]. The van der Waals surface area contributed by atoms with Gasteiger partial charge in [0.2, 0.25) is 0 Å². The highest BCUT2D eigenvalue weighted by molar-refractivity contribution is 7.83. The Labute approximate surface area is 51.0 Å². The third-order valence-corrected chi connectivity index (χ3v) is 0.704. The number of rotatable bonds is 0. The van der Waals surface area contributed by atoms with Gasteiger partial charge in [-0.15, -0.1) is 0 Å². The smallest absolute Gasteiger partial charge is 0.00212 e. The van der Waals surface area contributed by atoms with Crippen LogP contribution in [0.2, 0.25) is 0 Å². The van der Waals surface area contributed by atoms with Crippen LogP contribution in [0.15, 0.2) is 11.5 Å². The average molecular weight is 115 g/mol. The fourth-order valence-corrected chi connectivity index (χ4v) is 0.612. The zero-order valence-electron chi connectivity index (χ0n) is 5.06. The molecular formula is C6H11S. The summed E-state index contributed by atoms with van der Waals surface area (Å²) in [6.45, 7) is 6.36. The molecule has 0 spiro atoms. The summed E-state index contributed by atoms with van der Waals surface area (Å²) in [5, 5.41) is 1.67. The second kappa shape index (κ2) is 2.31. The topological polar surface area (TPSA) is 0 Å². The van der Waals surface area contributed by atoms with E-state index in [2.05, 4.69) is 33.4 Å². The normalized spacial score (nSPS) is 13.0. The monoisotopic (exact) mass is 115 g/mol. The first-order valence-corrected chi connectivity index (χ1v) is 2.83. The zero-order chi connectivity index (χ0) is 5.91. The van der Waals surface area contributed by atoms with E-state index in [1.54, 1.807) is 5.41 Å². The first-order valence-electron chi connectivity index (χ1n) is 2.36. The van der Waals surface area contributed by atoms with Crippen molar-refractivity contribution >= 4 is 12.6 Å². The van der Waals surface area contributed by atoms with E-state index in [-0.39, 0.29) is 5.41 Å². The summed E-state index contributed by atoms with van der Waals surface area (Å²) < 4.78 is 0. The second-order valence-corrected chi connectivity index (χ2v) is 2.94. The van der Waals surface area contributed by atoms with Crippen LogP contribution in [0, 0.1) is 5.41 Å². The van der Waals surface area contributed by atoms with E-state index in [4.69, 9.17) is 0 Å². The van der Waals surface area contributed by atoms with Crippen LogP contribution in [0.3, 0.4) is 0 Å². The largest absolute Gasteiger partial charge is 0.0891 e. The summed E-state index contributed by atoms with van der Waals surface area (Å²) >= 11 is 4.62. The molecule has 0 aromatic carbocycles. The molecule has 0 aromatic rings. The molecule has 0 nitrogen and oxygen atoms in total. The lowest BCUT2D eigenvalue weighted by atomic mass is 9.98. The average Bonchev–Trinajstić information content (AvgIpc) is 1.30. The van der Waals surface area contributed by atoms with E-state index in [9.17, 15) is 0 Å². The molecule has 0 N–H and O–H groups in total. The molecule has 0 aliphatic heterocycles. The van der Waals surface area contributed by atoms with Gasteiger partial charge < -0.3 is 0 Å². The molecule has 0 fully saturated rings. The van der Waals surface area contributed by atoms with Gasteiger partial charge in [-0.2, -0.15) is 0 Å². The van der Waals surface area contributed by atoms with Gasteiger partial charge in [-0.05, 0) is 10.8 Å². The molecule has 0 amide bonds. The molecule has 1 radical (unpaired) electrons. The standard InChI is InChI=1S/C6H11S/c1-6(2,3)4-5-7/h4-5H,1-3H3/b5-4+. The van der Waals surface area contributed by atoms with Gasteiger partial charge in [-0.1, -0.05) is 39.5 Å². The Kier molecular flexibility index (Phi) is 2.30. The third kappa shape index (κ3) is 5.96. The molecule has 0 heterocycles. The lowest BCUT2D eigenvalue weighted by Gasteiger charge is -2.08. The Morgan fingerprint density at radius 1 is 1.29 bits per heavy atom. The van der Waals surface area contributed by atoms with Gasteiger partial charge in [0, 0.05) is 0 Å². The van der Waals surface area contributed by atoms with Crippen molar-refractivity contribution in [1.29, 1.82) is 0 Å². The van der Waals surface area contributed by atoms with Crippen molar-refractivity contribution in [2.75, 3.05) is 0 Å². The van der Waals surface area contributed by atoms with Crippen LogP contribution in [-0.2, 0) is 0 Å². The van der Waals surface area contributed by atoms with Gasteiger partial charge in [-0.25, -0.2) is 0 Å². The maximum atomic E-state index is 4.62. The molecule has 7 heavy (non-hydrogen) atoms. The highest BCUT2D eigenvalue weighted by atomic mass is 32.1. The van der Waals surface area contributed by atoms with Gasteiger partial charge in [0.05, 0.1) is 0 Å². The van der Waals surface area contributed by atoms with Crippen molar-refractivity contribution in [3.8, 4) is 0 Å². The van der Waals surface area contributed by atoms with Crippen LogP contribution < -0.4 is 0 Å². The second-order valence-electron chi connectivity index (χ2n) is 2.67. The summed E-state index contributed by atoms with van der Waals surface area (Å²) in [6, 6.07) is 0. The van der Waals surface area contributed by atoms with E-state index < -0.39 is 0 Å². The van der Waals surface area contributed by atoms with E-state index >= 15 is 0 Å². The van der Waals surface area contributed by atoms with E-state index in [0.717, 1.165) is 0 Å². The Hall–Kier alpha value is -0.0400. The summed E-state index contributed by atoms with van der Waals surface area (Å²) in [4.78, 5) is 0. The lowest BCUT2D eigenvalue weighted by Crippen LogP contribution is -1.97. The minimum Gasteiger partial charge on any atom is -0.0891 e. The Bertz CT molecular complexity index is 66.7. The third-order valence-electron chi connectivity index (χ3n) is 0.568. The summed E-state index contributed by atoms with van der Waals surface area (Å²) in [5.41, 5.74) is 0.266. The molecule has 1 heteroatoms. The minimum absolute atomic E-state index is 0.266. The molecule has 0 rings (SSSR count). The van der Waals surface area contributed by atoms with Crippen molar-refractivity contribution < 1.29 is 0 Å². The van der Waals surface area contributed by atoms with E-state index in [1.807, 2.05) is 6.08 Å². The van der Waals surface area contributed by atoms with E-state index in [1.165, 1.54) is 0 Å². The van der Waals surface area contributed by atoms with Gasteiger partial charge in [0.25, 0.3) is 0 Å². The van der Waals surface area contributed by atoms with Crippen molar-refractivity contribution in [3.63, 3.8) is 0 Å². The van der Waals surface area contributed by atoms with Gasteiger partial charge >= 0.3 is 0 Å². The molecule has 41 valence electrons. The van der Waals surface area contributed by atoms with Crippen LogP contribution in [0.1, 0.15) is 20.8 Å². The maximum absolute atomic E-state index is 4.62. The maximum Gasteiger partial charge on any atom is -0.00212 e. The van der Waals surface area contributed by atoms with Crippen LogP contribution in [0.25, 0.3) is 0 Å². The molecule has 0 saturated carbocycles. The zero-order valence-corrected chi connectivity index (χ0v) is 5.88. The molecule has 0 bridgehead atoms. The molecular weight excluding hydrogens is 104 g/mol. The predicted octanol–water partition coefficient (Wildman–Crippen LogP) is 2.74. The summed E-state index contributed by atoms with van der Waals surface area (Å²) in [7, 11) is 0. The first kappa shape index (κ1) is 6.96. The molecule has 0 unspecified atom stereocenters. The van der Waals surface area contributed by atoms with Crippen LogP contribution in [-0.4, -0.2) is 0 Å². The van der Waals surface area contributed by atoms with Crippen LogP contribution >= 0.6 is 12.6 Å². The van der Waals surface area contributed by atoms with Gasteiger partial charge in [0.15, 0.2) is 0 Å². The van der Waals surface area contributed by atoms with Crippen molar-refractivity contribution in [3.05, 3.63) is 11.5 Å². The number of hydrogen-bond donors (Lipinski definition) is 0. The molecule has 0 aromatic heterocycles. The molecule has 0 saturated heterocycles. The van der Waals surface area contributed by atoms with Crippen LogP contribution in [0.5, 0.6) is 0 Å². The van der Waals surface area contributed by atoms with Crippen LogP contribution in [0.4, 0.5) is 0 Å². The van der Waals surface area contributed by atoms with Gasteiger partial charge in [-0.3, -0.25) is 0 Å². The van der Waals surface area contributed by atoms with Crippen molar-refractivity contribution in [2.24, 2.45) is 5.41 Å². The van der Waals surface area contributed by atoms with Crippen molar-refractivity contribution in [2.45, 2.75) is 20.8 Å². The van der Waals surface area contributed by atoms with Gasteiger partial charge in [0.1, 0.15) is 0 Å². The Morgan fingerprint density at radius 3 is 1.71 bits per heavy atom. The highest BCUT2D eigenvalue weighted by Crippen LogP contribution is 2.14. The highest BCUT2D eigenvalue weighted by Gasteiger charge is 2.01. The quantitative estimate of drug-likeness (QED) is 0.455. The molecule has 0 atom stereocenters.